The van der Waals surface area contributed by atoms with Crippen LogP contribution in [0.2, 0.25) is 0 Å². The predicted octanol–water partition coefficient (Wildman–Crippen LogP) is 5.35. The van der Waals surface area contributed by atoms with Gasteiger partial charge in [-0.25, -0.2) is 0 Å². The Balaban J connectivity index is 1.89. The lowest BCUT2D eigenvalue weighted by atomic mass is 10.2. The number of rotatable bonds is 4. The van der Waals surface area contributed by atoms with E-state index in [4.69, 9.17) is 4.74 Å². The first-order valence-electron chi connectivity index (χ1n) is 6.53. The number of ether oxygens (including phenoxy) is 1. The molecular formula is C17H14O2S2. The monoisotopic (exact) mass is 314 g/mol. The first-order chi connectivity index (χ1) is 10.2. The van der Waals surface area contributed by atoms with Gasteiger partial charge in [0.1, 0.15) is 5.75 Å². The molecule has 0 aliphatic rings. The van der Waals surface area contributed by atoms with Crippen molar-refractivity contribution in [1.82, 2.24) is 0 Å². The fourth-order valence-corrected chi connectivity index (χ4v) is 4.04. The van der Waals surface area contributed by atoms with Crippen LogP contribution in [0, 0.1) is 0 Å². The maximum Gasteiger partial charge on any atom is 0.169 e. The second-order valence-corrected chi connectivity index (χ2v) is 6.78. The van der Waals surface area contributed by atoms with Crippen LogP contribution in [0.4, 0.5) is 0 Å². The molecule has 21 heavy (non-hydrogen) atoms. The molecule has 0 spiro atoms. The summed E-state index contributed by atoms with van der Waals surface area (Å²) >= 11 is 3.29. The normalized spacial score (nSPS) is 10.6. The van der Waals surface area contributed by atoms with Crippen molar-refractivity contribution in [3.8, 4) is 25.9 Å². The van der Waals surface area contributed by atoms with E-state index in [1.165, 1.54) is 15.3 Å². The lowest BCUT2D eigenvalue weighted by molar-refractivity contribution is 0.102. The zero-order chi connectivity index (χ0) is 14.8. The highest BCUT2D eigenvalue weighted by molar-refractivity contribution is 7.24. The maximum absolute atomic E-state index is 11.4. The van der Waals surface area contributed by atoms with E-state index in [1.807, 2.05) is 24.3 Å². The van der Waals surface area contributed by atoms with Gasteiger partial charge in [-0.3, -0.25) is 4.79 Å². The summed E-state index contributed by atoms with van der Waals surface area (Å²) in [5.74, 6) is 0.984. The lowest BCUT2D eigenvalue weighted by Crippen LogP contribution is -1.83. The molecular weight excluding hydrogens is 300 g/mol. The lowest BCUT2D eigenvalue weighted by Gasteiger charge is -2.00. The van der Waals surface area contributed by atoms with Gasteiger partial charge in [0, 0.05) is 14.6 Å². The first-order valence-corrected chi connectivity index (χ1v) is 8.16. The molecule has 4 heteroatoms. The van der Waals surface area contributed by atoms with Crippen molar-refractivity contribution < 1.29 is 9.53 Å². The molecule has 2 heterocycles. The van der Waals surface area contributed by atoms with Crippen molar-refractivity contribution in [1.29, 1.82) is 0 Å². The maximum atomic E-state index is 11.4. The Bertz CT molecular complexity index is 766. The van der Waals surface area contributed by atoms with Crippen molar-refractivity contribution in [2.75, 3.05) is 7.11 Å². The summed E-state index contributed by atoms with van der Waals surface area (Å²) < 4.78 is 5.18. The summed E-state index contributed by atoms with van der Waals surface area (Å²) in [6, 6.07) is 16.2. The van der Waals surface area contributed by atoms with Crippen LogP contribution >= 0.6 is 22.7 Å². The number of carbonyl (C=O) groups is 1. The molecule has 2 aromatic heterocycles. The van der Waals surface area contributed by atoms with Crippen LogP contribution in [0.25, 0.3) is 20.2 Å². The Morgan fingerprint density at radius 3 is 2.10 bits per heavy atom. The number of methoxy groups -OCH3 is 1. The van der Waals surface area contributed by atoms with Crippen LogP contribution in [0.5, 0.6) is 5.75 Å². The smallest absolute Gasteiger partial charge is 0.169 e. The second-order valence-electron chi connectivity index (χ2n) is 4.61. The minimum Gasteiger partial charge on any atom is -0.497 e. The zero-order valence-electron chi connectivity index (χ0n) is 11.8. The van der Waals surface area contributed by atoms with Gasteiger partial charge in [0.2, 0.25) is 0 Å². The molecule has 1 aromatic carbocycles. The van der Waals surface area contributed by atoms with Crippen molar-refractivity contribution in [2.24, 2.45) is 0 Å². The van der Waals surface area contributed by atoms with Gasteiger partial charge in [0.15, 0.2) is 5.78 Å². The van der Waals surface area contributed by atoms with E-state index in [2.05, 4.69) is 24.3 Å². The number of Topliss-reactive ketones (excluding diaryl/α,β-unsaturated/α-hetero) is 1. The molecule has 106 valence electrons. The van der Waals surface area contributed by atoms with Gasteiger partial charge in [-0.2, -0.15) is 0 Å². The number of hydrogen-bond acceptors (Lipinski definition) is 4. The third kappa shape index (κ3) is 2.91. The quantitative estimate of drug-likeness (QED) is 0.606. The van der Waals surface area contributed by atoms with Gasteiger partial charge in [-0.05, 0) is 61.0 Å². The van der Waals surface area contributed by atoms with Crippen LogP contribution in [-0.2, 0) is 0 Å². The van der Waals surface area contributed by atoms with Crippen molar-refractivity contribution >= 4 is 28.5 Å². The number of benzene rings is 1. The standard InChI is InChI=1S/C17H14O2S2/c1-11(18)14-7-9-16(20-14)17-10-8-15(21-17)12-3-5-13(19-2)6-4-12/h3-10H,1-2H3. The van der Waals surface area contributed by atoms with Crippen LogP contribution in [-0.4, -0.2) is 12.9 Å². The molecule has 0 aliphatic carbocycles. The van der Waals surface area contributed by atoms with Gasteiger partial charge in [0.05, 0.1) is 12.0 Å². The fourth-order valence-electron chi connectivity index (χ4n) is 2.04. The molecule has 0 N–H and O–H groups in total. The summed E-state index contributed by atoms with van der Waals surface area (Å²) in [6.07, 6.45) is 0. The van der Waals surface area contributed by atoms with E-state index in [0.29, 0.717) is 0 Å². The minimum atomic E-state index is 0.123. The summed E-state index contributed by atoms with van der Waals surface area (Å²) in [7, 11) is 1.67. The topological polar surface area (TPSA) is 26.3 Å². The molecule has 0 bridgehead atoms. The van der Waals surface area contributed by atoms with Crippen molar-refractivity contribution in [3.05, 3.63) is 53.4 Å². The SMILES string of the molecule is COc1ccc(-c2ccc(-c3ccc(C(C)=O)s3)s2)cc1. The van der Waals surface area contributed by atoms with E-state index in [9.17, 15) is 4.79 Å². The van der Waals surface area contributed by atoms with E-state index in [0.717, 1.165) is 15.5 Å². The first kappa shape index (κ1) is 14.0. The largest absolute Gasteiger partial charge is 0.497 e. The molecule has 0 amide bonds. The molecule has 0 radical (unpaired) electrons. The summed E-state index contributed by atoms with van der Waals surface area (Å²) in [5.41, 5.74) is 1.18. The third-order valence-corrected chi connectivity index (χ3v) is 5.69. The Hall–Kier alpha value is -1.91. The van der Waals surface area contributed by atoms with Crippen LogP contribution < -0.4 is 4.74 Å². The summed E-state index contributed by atoms with van der Waals surface area (Å²) in [5, 5.41) is 0. The number of hydrogen-bond donors (Lipinski definition) is 0. The predicted molar refractivity (Wildman–Crippen MR) is 89.6 cm³/mol. The highest BCUT2D eigenvalue weighted by Crippen LogP contribution is 2.38. The van der Waals surface area contributed by atoms with Gasteiger partial charge >= 0.3 is 0 Å². The Labute approximate surface area is 131 Å². The van der Waals surface area contributed by atoms with Gasteiger partial charge in [0.25, 0.3) is 0 Å². The average molecular weight is 314 g/mol. The van der Waals surface area contributed by atoms with Gasteiger partial charge < -0.3 is 4.74 Å². The van der Waals surface area contributed by atoms with E-state index in [-0.39, 0.29) is 5.78 Å². The molecule has 3 rings (SSSR count). The molecule has 0 atom stereocenters. The summed E-state index contributed by atoms with van der Waals surface area (Å²) in [6.45, 7) is 1.60. The Morgan fingerprint density at radius 2 is 1.48 bits per heavy atom. The van der Waals surface area contributed by atoms with Crippen LogP contribution in [0.1, 0.15) is 16.6 Å². The molecule has 2 nitrogen and oxygen atoms in total. The average Bonchev–Trinajstić information content (AvgIpc) is 3.16. The van der Waals surface area contributed by atoms with E-state index >= 15 is 0 Å². The molecule has 3 aromatic rings. The molecule has 0 fully saturated rings. The zero-order valence-corrected chi connectivity index (χ0v) is 13.4. The number of thiophene rings is 2. The summed E-state index contributed by atoms with van der Waals surface area (Å²) in [4.78, 5) is 15.7. The molecule has 0 saturated heterocycles. The van der Waals surface area contributed by atoms with E-state index in [1.54, 1.807) is 36.7 Å². The van der Waals surface area contributed by atoms with Gasteiger partial charge in [-0.1, -0.05) is 0 Å². The highest BCUT2D eigenvalue weighted by atomic mass is 32.1. The minimum absolute atomic E-state index is 0.123. The van der Waals surface area contributed by atoms with Crippen LogP contribution in [0.3, 0.4) is 0 Å². The second kappa shape index (κ2) is 5.84. The Kier molecular flexibility index (Phi) is 3.90. The highest BCUT2D eigenvalue weighted by Gasteiger charge is 2.09. The third-order valence-electron chi connectivity index (χ3n) is 3.18. The molecule has 0 unspecified atom stereocenters. The van der Waals surface area contributed by atoms with E-state index < -0.39 is 0 Å². The number of carbonyl (C=O) groups excluding carboxylic acids is 1. The van der Waals surface area contributed by atoms with Crippen molar-refractivity contribution in [3.63, 3.8) is 0 Å². The molecule has 0 saturated carbocycles. The fraction of sp³-hybridized carbons (Fsp3) is 0.118. The van der Waals surface area contributed by atoms with Gasteiger partial charge in [-0.15, -0.1) is 22.7 Å². The van der Waals surface area contributed by atoms with Crippen molar-refractivity contribution in [2.45, 2.75) is 6.92 Å². The number of ketones is 1. The Morgan fingerprint density at radius 1 is 0.857 bits per heavy atom. The molecule has 0 aliphatic heterocycles. The van der Waals surface area contributed by atoms with Crippen LogP contribution in [0.15, 0.2) is 48.5 Å².